The monoisotopic (exact) mass is 303 g/mol. The van der Waals surface area contributed by atoms with E-state index < -0.39 is 0 Å². The summed E-state index contributed by atoms with van der Waals surface area (Å²) in [6.45, 7) is 7.66. The molecular formula is C17H25N3O2. The van der Waals surface area contributed by atoms with E-state index >= 15 is 0 Å². The second-order valence-corrected chi connectivity index (χ2v) is 5.84. The summed E-state index contributed by atoms with van der Waals surface area (Å²) >= 11 is 0. The van der Waals surface area contributed by atoms with E-state index in [1.807, 2.05) is 25.1 Å². The molecule has 1 aromatic carbocycles. The number of aryl methyl sites for hydroxylation is 1. The van der Waals surface area contributed by atoms with E-state index in [0.717, 1.165) is 13.0 Å². The smallest absolute Gasteiger partial charge is 0.226 e. The van der Waals surface area contributed by atoms with Gasteiger partial charge >= 0.3 is 0 Å². The summed E-state index contributed by atoms with van der Waals surface area (Å²) in [5, 5.41) is 13.8. The summed E-state index contributed by atoms with van der Waals surface area (Å²) < 4.78 is 5.19. The number of aliphatic hydroxyl groups is 1. The van der Waals surface area contributed by atoms with E-state index in [1.165, 1.54) is 5.56 Å². The van der Waals surface area contributed by atoms with Crippen molar-refractivity contribution in [1.29, 1.82) is 0 Å². The lowest BCUT2D eigenvalue weighted by molar-refractivity contribution is 0.0756. The summed E-state index contributed by atoms with van der Waals surface area (Å²) in [7, 11) is 0. The van der Waals surface area contributed by atoms with Gasteiger partial charge in [0.25, 0.3) is 0 Å². The summed E-state index contributed by atoms with van der Waals surface area (Å²) in [5.74, 6) is 1.66. The van der Waals surface area contributed by atoms with Crippen LogP contribution in [0.1, 0.15) is 38.0 Å². The summed E-state index contributed by atoms with van der Waals surface area (Å²) in [6, 6.07) is 10.3. The van der Waals surface area contributed by atoms with E-state index in [1.54, 1.807) is 0 Å². The number of nitrogens with zero attached hydrogens (tertiary/aromatic N) is 3. The van der Waals surface area contributed by atoms with Crippen molar-refractivity contribution in [2.45, 2.75) is 46.3 Å². The highest BCUT2D eigenvalue weighted by Gasteiger charge is 2.23. The Kier molecular flexibility index (Phi) is 6.10. The molecule has 1 unspecified atom stereocenters. The predicted octanol–water partition coefficient (Wildman–Crippen LogP) is 2.65. The molecule has 2 aromatic rings. The molecular weight excluding hydrogens is 278 g/mol. The summed E-state index contributed by atoms with van der Waals surface area (Å²) in [5.41, 5.74) is 1.21. The van der Waals surface area contributed by atoms with Crippen LogP contribution >= 0.6 is 0 Å². The van der Waals surface area contributed by atoms with Gasteiger partial charge in [-0.1, -0.05) is 56.3 Å². The van der Waals surface area contributed by atoms with Crippen LogP contribution in [0.25, 0.3) is 0 Å². The highest BCUT2D eigenvalue weighted by Crippen LogP contribution is 2.17. The Hall–Kier alpha value is -1.72. The molecule has 0 saturated heterocycles. The van der Waals surface area contributed by atoms with Crippen LogP contribution in [0.5, 0.6) is 0 Å². The quantitative estimate of drug-likeness (QED) is 0.812. The van der Waals surface area contributed by atoms with Crippen LogP contribution in [0.4, 0.5) is 0 Å². The zero-order valence-electron chi connectivity index (χ0n) is 13.6. The van der Waals surface area contributed by atoms with Crippen LogP contribution < -0.4 is 0 Å². The number of aliphatic hydroxyl groups excluding tert-OH is 1. The van der Waals surface area contributed by atoms with Crippen molar-refractivity contribution in [3.8, 4) is 0 Å². The predicted molar refractivity (Wildman–Crippen MR) is 85.1 cm³/mol. The van der Waals surface area contributed by atoms with Crippen molar-refractivity contribution in [2.75, 3.05) is 6.61 Å². The van der Waals surface area contributed by atoms with Gasteiger partial charge in [-0.3, -0.25) is 4.90 Å². The maximum absolute atomic E-state index is 9.77. The second kappa shape index (κ2) is 8.06. The lowest BCUT2D eigenvalue weighted by Crippen LogP contribution is -2.41. The molecule has 0 bridgehead atoms. The molecule has 0 saturated carbocycles. The van der Waals surface area contributed by atoms with Crippen LogP contribution in [0.2, 0.25) is 0 Å². The first-order chi connectivity index (χ1) is 10.6. The van der Waals surface area contributed by atoms with Crippen molar-refractivity contribution in [2.24, 2.45) is 5.92 Å². The van der Waals surface area contributed by atoms with Crippen molar-refractivity contribution < 1.29 is 9.63 Å². The lowest BCUT2D eigenvalue weighted by atomic mass is 10.0. The SMILES string of the molecule is CCc1nc(CN(Cc2ccccc2)C(CO)C(C)C)no1. The van der Waals surface area contributed by atoms with Crippen LogP contribution in [-0.2, 0) is 19.5 Å². The topological polar surface area (TPSA) is 62.4 Å². The van der Waals surface area contributed by atoms with Gasteiger partial charge in [0, 0.05) is 19.0 Å². The van der Waals surface area contributed by atoms with E-state index in [2.05, 4.69) is 41.0 Å². The molecule has 0 radical (unpaired) electrons. The number of benzene rings is 1. The lowest BCUT2D eigenvalue weighted by Gasteiger charge is -2.32. The zero-order chi connectivity index (χ0) is 15.9. The van der Waals surface area contributed by atoms with Gasteiger partial charge in [-0.05, 0) is 11.5 Å². The minimum absolute atomic E-state index is 0.0591. The van der Waals surface area contributed by atoms with Crippen LogP contribution in [-0.4, -0.2) is 32.8 Å². The number of hydrogen-bond acceptors (Lipinski definition) is 5. The minimum atomic E-state index is 0.0591. The Balaban J connectivity index is 2.16. The molecule has 120 valence electrons. The fourth-order valence-electron chi connectivity index (χ4n) is 2.54. The number of rotatable bonds is 8. The molecule has 0 spiro atoms. The third-order valence-electron chi connectivity index (χ3n) is 3.81. The Labute approximate surface area is 132 Å². The zero-order valence-corrected chi connectivity index (χ0v) is 13.6. The Bertz CT molecular complexity index is 554. The van der Waals surface area contributed by atoms with E-state index in [-0.39, 0.29) is 12.6 Å². The molecule has 0 aliphatic carbocycles. The fraction of sp³-hybridized carbons (Fsp3) is 0.529. The largest absolute Gasteiger partial charge is 0.395 e. The van der Waals surface area contributed by atoms with Gasteiger partial charge in [0.2, 0.25) is 5.89 Å². The Morgan fingerprint density at radius 1 is 1.18 bits per heavy atom. The van der Waals surface area contributed by atoms with Gasteiger partial charge in [-0.25, -0.2) is 0 Å². The molecule has 0 aliphatic heterocycles. The molecule has 0 aliphatic rings. The Morgan fingerprint density at radius 2 is 1.91 bits per heavy atom. The summed E-state index contributed by atoms with van der Waals surface area (Å²) in [4.78, 5) is 6.60. The van der Waals surface area contributed by atoms with Crippen LogP contribution in [0.15, 0.2) is 34.9 Å². The molecule has 1 atom stereocenters. The molecule has 1 N–H and O–H groups in total. The minimum Gasteiger partial charge on any atom is -0.395 e. The van der Waals surface area contributed by atoms with Crippen molar-refractivity contribution in [1.82, 2.24) is 15.0 Å². The van der Waals surface area contributed by atoms with Gasteiger partial charge in [-0.2, -0.15) is 4.98 Å². The van der Waals surface area contributed by atoms with E-state index in [4.69, 9.17) is 4.52 Å². The van der Waals surface area contributed by atoms with Crippen LogP contribution in [0.3, 0.4) is 0 Å². The normalized spacial score (nSPS) is 13.0. The highest BCUT2D eigenvalue weighted by molar-refractivity contribution is 5.14. The average Bonchev–Trinajstić information content (AvgIpc) is 2.96. The summed E-state index contributed by atoms with van der Waals surface area (Å²) in [6.07, 6.45) is 0.735. The molecule has 0 amide bonds. The first-order valence-electron chi connectivity index (χ1n) is 7.84. The average molecular weight is 303 g/mol. The van der Waals surface area contributed by atoms with Crippen molar-refractivity contribution in [3.05, 3.63) is 47.6 Å². The fourth-order valence-corrected chi connectivity index (χ4v) is 2.54. The van der Waals surface area contributed by atoms with E-state index in [9.17, 15) is 5.11 Å². The van der Waals surface area contributed by atoms with Gasteiger partial charge in [0.15, 0.2) is 5.82 Å². The molecule has 5 heteroatoms. The number of hydrogen-bond donors (Lipinski definition) is 1. The van der Waals surface area contributed by atoms with Gasteiger partial charge in [0.1, 0.15) is 0 Å². The second-order valence-electron chi connectivity index (χ2n) is 5.84. The maximum atomic E-state index is 9.77. The van der Waals surface area contributed by atoms with Crippen molar-refractivity contribution in [3.63, 3.8) is 0 Å². The van der Waals surface area contributed by atoms with Gasteiger partial charge in [0.05, 0.1) is 13.2 Å². The standard InChI is InChI=1S/C17H25N3O2/c1-4-17-18-16(19-22-17)11-20(15(12-21)13(2)3)10-14-8-6-5-7-9-14/h5-9,13,15,21H,4,10-12H2,1-3H3. The van der Waals surface area contributed by atoms with Crippen molar-refractivity contribution >= 4 is 0 Å². The highest BCUT2D eigenvalue weighted by atomic mass is 16.5. The van der Waals surface area contributed by atoms with Gasteiger partial charge < -0.3 is 9.63 Å². The third kappa shape index (κ3) is 4.39. The molecule has 22 heavy (non-hydrogen) atoms. The molecule has 1 heterocycles. The Morgan fingerprint density at radius 3 is 2.45 bits per heavy atom. The molecule has 2 rings (SSSR count). The first kappa shape index (κ1) is 16.6. The maximum Gasteiger partial charge on any atom is 0.226 e. The molecule has 0 fully saturated rings. The number of aromatic nitrogens is 2. The van der Waals surface area contributed by atoms with Gasteiger partial charge in [-0.15, -0.1) is 0 Å². The first-order valence-corrected chi connectivity index (χ1v) is 7.84. The van der Waals surface area contributed by atoms with E-state index in [0.29, 0.717) is 24.2 Å². The molecule has 5 nitrogen and oxygen atoms in total. The third-order valence-corrected chi connectivity index (χ3v) is 3.81. The van der Waals surface area contributed by atoms with Crippen LogP contribution in [0, 0.1) is 5.92 Å². The molecule has 1 aromatic heterocycles.